The Bertz CT molecular complexity index is 594. The van der Waals surface area contributed by atoms with Crippen LogP contribution in [-0.4, -0.2) is 43.6 Å². The van der Waals surface area contributed by atoms with Gasteiger partial charge in [-0.3, -0.25) is 4.79 Å². The highest BCUT2D eigenvalue weighted by atomic mass is 19.1. The summed E-state index contributed by atoms with van der Waals surface area (Å²) in [6.07, 6.45) is 2.43. The number of benzene rings is 1. The first kappa shape index (κ1) is 18.0. The average Bonchev–Trinajstić information content (AvgIpc) is 2.61. The fourth-order valence-corrected chi connectivity index (χ4v) is 2.73. The molecule has 1 aliphatic rings. The van der Waals surface area contributed by atoms with Gasteiger partial charge in [-0.15, -0.1) is 0 Å². The molecule has 0 radical (unpaired) electrons. The Labute approximate surface area is 141 Å². The summed E-state index contributed by atoms with van der Waals surface area (Å²) in [5, 5.41) is 5.60. The van der Waals surface area contributed by atoms with Crippen molar-refractivity contribution in [3.63, 3.8) is 0 Å². The molecule has 2 rings (SSSR count). The summed E-state index contributed by atoms with van der Waals surface area (Å²) in [5.74, 6) is -0.368. The summed E-state index contributed by atoms with van der Waals surface area (Å²) < 4.78 is 18.3. The molecule has 0 spiro atoms. The second-order valence-corrected chi connectivity index (χ2v) is 5.85. The first-order valence-electron chi connectivity index (χ1n) is 8.22. The Morgan fingerprint density at radius 3 is 2.92 bits per heavy atom. The van der Waals surface area contributed by atoms with E-state index in [2.05, 4.69) is 10.6 Å². The van der Waals surface area contributed by atoms with Gasteiger partial charge >= 0.3 is 6.03 Å². The minimum Gasteiger partial charge on any atom is -0.494 e. The summed E-state index contributed by atoms with van der Waals surface area (Å²) >= 11 is 0. The summed E-state index contributed by atoms with van der Waals surface area (Å²) in [7, 11) is 1.42. The standard InChI is InChI=1S/C17H24FN3O3/c1-3-8-19-16(22)12-5-4-9-21(11-12)17(23)20-14-7-6-13(18)10-15(14)24-2/h6-7,10,12H,3-5,8-9,11H2,1-2H3,(H,19,22)(H,20,23)/t12-/m1/s1. The largest absolute Gasteiger partial charge is 0.494 e. The monoisotopic (exact) mass is 337 g/mol. The molecule has 0 aliphatic carbocycles. The van der Waals surface area contributed by atoms with Crippen LogP contribution in [0.2, 0.25) is 0 Å². The van der Waals surface area contributed by atoms with Gasteiger partial charge in [-0.1, -0.05) is 6.92 Å². The quantitative estimate of drug-likeness (QED) is 0.868. The Balaban J connectivity index is 1.98. The van der Waals surface area contributed by atoms with E-state index in [9.17, 15) is 14.0 Å². The minimum atomic E-state index is -0.435. The zero-order chi connectivity index (χ0) is 17.5. The molecule has 0 bridgehead atoms. The lowest BCUT2D eigenvalue weighted by Crippen LogP contribution is -2.47. The second-order valence-electron chi connectivity index (χ2n) is 5.85. The van der Waals surface area contributed by atoms with E-state index in [4.69, 9.17) is 4.74 Å². The van der Waals surface area contributed by atoms with Gasteiger partial charge in [-0.05, 0) is 31.4 Å². The summed E-state index contributed by atoms with van der Waals surface area (Å²) in [6, 6.07) is 3.62. The number of piperidine rings is 1. The number of carbonyl (C=O) groups is 2. The molecule has 24 heavy (non-hydrogen) atoms. The second kappa shape index (κ2) is 8.52. The SMILES string of the molecule is CCCNC(=O)[C@@H]1CCCN(C(=O)Nc2ccc(F)cc2OC)C1. The molecular weight excluding hydrogens is 313 g/mol. The highest BCUT2D eigenvalue weighted by Gasteiger charge is 2.28. The summed E-state index contributed by atoms with van der Waals surface area (Å²) in [4.78, 5) is 26.1. The molecule has 7 heteroatoms. The summed E-state index contributed by atoms with van der Waals surface area (Å²) in [6.45, 7) is 3.61. The van der Waals surface area contributed by atoms with Crippen molar-refractivity contribution in [2.24, 2.45) is 5.92 Å². The van der Waals surface area contributed by atoms with Crippen LogP contribution in [0.4, 0.5) is 14.9 Å². The van der Waals surface area contributed by atoms with E-state index in [1.165, 1.54) is 25.3 Å². The molecule has 132 valence electrons. The van der Waals surface area contributed by atoms with Gasteiger partial charge in [0.2, 0.25) is 5.91 Å². The number of amides is 3. The van der Waals surface area contributed by atoms with Gasteiger partial charge in [0.25, 0.3) is 0 Å². The number of ether oxygens (including phenoxy) is 1. The van der Waals surface area contributed by atoms with Crippen LogP contribution in [0.3, 0.4) is 0 Å². The normalized spacial score (nSPS) is 17.3. The molecule has 1 heterocycles. The number of methoxy groups -OCH3 is 1. The van der Waals surface area contributed by atoms with Crippen molar-refractivity contribution in [2.45, 2.75) is 26.2 Å². The first-order valence-corrected chi connectivity index (χ1v) is 8.22. The molecule has 1 fully saturated rings. The predicted octanol–water partition coefficient (Wildman–Crippen LogP) is 2.60. The zero-order valence-corrected chi connectivity index (χ0v) is 14.1. The highest BCUT2D eigenvalue weighted by Crippen LogP contribution is 2.26. The fourth-order valence-electron chi connectivity index (χ4n) is 2.73. The number of urea groups is 1. The van der Waals surface area contributed by atoms with Crippen molar-refractivity contribution >= 4 is 17.6 Å². The van der Waals surface area contributed by atoms with Gasteiger partial charge in [0.1, 0.15) is 11.6 Å². The molecule has 0 saturated carbocycles. The smallest absolute Gasteiger partial charge is 0.321 e. The maximum Gasteiger partial charge on any atom is 0.321 e. The van der Waals surface area contributed by atoms with Crippen LogP contribution in [0, 0.1) is 11.7 Å². The van der Waals surface area contributed by atoms with Crippen LogP contribution in [0.15, 0.2) is 18.2 Å². The molecule has 0 unspecified atom stereocenters. The van der Waals surface area contributed by atoms with Gasteiger partial charge < -0.3 is 20.3 Å². The number of nitrogens with one attached hydrogen (secondary N) is 2. The Kier molecular flexibility index (Phi) is 6.40. The molecule has 0 aromatic heterocycles. The van der Waals surface area contributed by atoms with Crippen molar-refractivity contribution in [1.82, 2.24) is 10.2 Å². The molecule has 6 nitrogen and oxygen atoms in total. The van der Waals surface area contributed by atoms with Crippen molar-refractivity contribution in [3.8, 4) is 5.75 Å². The lowest BCUT2D eigenvalue weighted by atomic mass is 9.97. The lowest BCUT2D eigenvalue weighted by molar-refractivity contribution is -0.126. The van der Waals surface area contributed by atoms with Crippen molar-refractivity contribution in [3.05, 3.63) is 24.0 Å². The van der Waals surface area contributed by atoms with Crippen LogP contribution < -0.4 is 15.4 Å². The Morgan fingerprint density at radius 2 is 2.21 bits per heavy atom. The number of nitrogens with zero attached hydrogens (tertiary/aromatic N) is 1. The molecule has 2 N–H and O–H groups in total. The number of likely N-dealkylation sites (tertiary alicyclic amines) is 1. The molecular formula is C17H24FN3O3. The number of halogens is 1. The molecule has 1 aromatic rings. The van der Waals surface area contributed by atoms with Crippen LogP contribution in [0.5, 0.6) is 5.75 Å². The molecule has 3 amide bonds. The lowest BCUT2D eigenvalue weighted by Gasteiger charge is -2.32. The molecule has 1 atom stereocenters. The summed E-state index contributed by atoms with van der Waals surface area (Å²) in [5.41, 5.74) is 0.404. The van der Waals surface area contributed by atoms with Crippen molar-refractivity contribution in [2.75, 3.05) is 32.1 Å². The molecule has 1 aliphatic heterocycles. The topological polar surface area (TPSA) is 70.7 Å². The Morgan fingerprint density at radius 1 is 1.42 bits per heavy atom. The number of hydrogen-bond donors (Lipinski definition) is 2. The maximum atomic E-state index is 13.2. The number of anilines is 1. The number of hydrogen-bond acceptors (Lipinski definition) is 3. The van der Waals surface area contributed by atoms with E-state index < -0.39 is 5.82 Å². The van der Waals surface area contributed by atoms with Gasteiger partial charge in [0, 0.05) is 25.7 Å². The van der Waals surface area contributed by atoms with Crippen molar-refractivity contribution in [1.29, 1.82) is 0 Å². The van der Waals surface area contributed by atoms with E-state index in [0.29, 0.717) is 25.3 Å². The van der Waals surface area contributed by atoms with E-state index in [1.807, 2.05) is 6.92 Å². The van der Waals surface area contributed by atoms with Gasteiger partial charge in [0.15, 0.2) is 0 Å². The minimum absolute atomic E-state index is 0.00582. The number of rotatable bonds is 5. The number of carbonyl (C=O) groups excluding carboxylic acids is 2. The molecule has 1 aromatic carbocycles. The third kappa shape index (κ3) is 4.59. The predicted molar refractivity (Wildman–Crippen MR) is 89.6 cm³/mol. The van der Waals surface area contributed by atoms with E-state index in [-0.39, 0.29) is 23.6 Å². The van der Waals surface area contributed by atoms with Crippen LogP contribution in [0.1, 0.15) is 26.2 Å². The first-order chi connectivity index (χ1) is 11.5. The van der Waals surface area contributed by atoms with Gasteiger partial charge in [0.05, 0.1) is 18.7 Å². The van der Waals surface area contributed by atoms with E-state index in [0.717, 1.165) is 19.3 Å². The van der Waals surface area contributed by atoms with Gasteiger partial charge in [-0.25, -0.2) is 9.18 Å². The zero-order valence-electron chi connectivity index (χ0n) is 14.1. The fraction of sp³-hybridized carbons (Fsp3) is 0.529. The molecule has 1 saturated heterocycles. The van der Waals surface area contributed by atoms with Crippen LogP contribution in [-0.2, 0) is 4.79 Å². The van der Waals surface area contributed by atoms with E-state index in [1.54, 1.807) is 4.90 Å². The van der Waals surface area contributed by atoms with Crippen LogP contribution >= 0.6 is 0 Å². The highest BCUT2D eigenvalue weighted by molar-refractivity contribution is 5.91. The third-order valence-corrected chi connectivity index (χ3v) is 4.03. The van der Waals surface area contributed by atoms with Crippen LogP contribution in [0.25, 0.3) is 0 Å². The van der Waals surface area contributed by atoms with Gasteiger partial charge in [-0.2, -0.15) is 0 Å². The van der Waals surface area contributed by atoms with Crippen molar-refractivity contribution < 1.29 is 18.7 Å². The third-order valence-electron chi connectivity index (χ3n) is 4.03. The average molecular weight is 337 g/mol. The van der Waals surface area contributed by atoms with E-state index >= 15 is 0 Å². The Hall–Kier alpha value is -2.31. The maximum absolute atomic E-state index is 13.2.